The van der Waals surface area contributed by atoms with Crippen LogP contribution in [0, 0.1) is 10.8 Å². The van der Waals surface area contributed by atoms with E-state index in [4.69, 9.17) is 22.3 Å². The molecule has 0 fully saturated rings. The van der Waals surface area contributed by atoms with Crippen LogP contribution in [0.2, 0.25) is 0 Å². The zero-order chi connectivity index (χ0) is 18.7. The van der Waals surface area contributed by atoms with Gasteiger partial charge < -0.3 is 27.6 Å². The molecule has 1 rings (SSSR count). The molecule has 130 valence electrons. The molecule has 1 aromatic rings. The maximum atomic E-state index is 7.49. The third-order valence-electron chi connectivity index (χ3n) is 3.37. The van der Waals surface area contributed by atoms with Gasteiger partial charge in [-0.3, -0.25) is 4.99 Å². The van der Waals surface area contributed by atoms with E-state index in [9.17, 15) is 0 Å². The number of allylic oxidation sites excluding steroid dienone is 5. The monoisotopic (exact) mass is 336 g/mol. The Bertz CT molecular complexity index is 766. The molecule has 0 saturated carbocycles. The van der Waals surface area contributed by atoms with E-state index in [0.717, 1.165) is 16.8 Å². The lowest BCUT2D eigenvalue weighted by Crippen LogP contribution is -1.97. The van der Waals surface area contributed by atoms with E-state index < -0.39 is 0 Å². The summed E-state index contributed by atoms with van der Waals surface area (Å²) >= 11 is 0. The molecule has 0 spiro atoms. The molecule has 0 bridgehead atoms. The molecule has 1 aromatic carbocycles. The van der Waals surface area contributed by atoms with E-state index in [0.29, 0.717) is 16.8 Å². The first kappa shape index (κ1) is 19.6. The number of anilines is 2. The summed E-state index contributed by atoms with van der Waals surface area (Å²) in [6.45, 7) is 3.75. The summed E-state index contributed by atoms with van der Waals surface area (Å²) < 4.78 is 0. The first-order chi connectivity index (χ1) is 12.1. The van der Waals surface area contributed by atoms with Gasteiger partial charge >= 0.3 is 0 Å². The fourth-order valence-corrected chi connectivity index (χ4v) is 2.02. The second kappa shape index (κ2) is 10.4. The van der Waals surface area contributed by atoms with Crippen molar-refractivity contribution in [1.29, 1.82) is 10.8 Å². The number of benzene rings is 1. The summed E-state index contributed by atoms with van der Waals surface area (Å²) in [5.41, 5.74) is 15.7. The topological polar surface area (TPSA) is 124 Å². The number of nitrogens with two attached hydrogens (primary N) is 2. The Balaban J connectivity index is 3.05. The van der Waals surface area contributed by atoms with Gasteiger partial charge in [0.1, 0.15) is 0 Å². The molecule has 0 unspecified atom stereocenters. The van der Waals surface area contributed by atoms with E-state index >= 15 is 0 Å². The van der Waals surface area contributed by atoms with E-state index in [2.05, 4.69) is 10.3 Å². The molecule has 25 heavy (non-hydrogen) atoms. The highest BCUT2D eigenvalue weighted by Gasteiger charge is 2.02. The number of nitrogens with one attached hydrogen (secondary N) is 3. The Morgan fingerprint density at radius 3 is 2.60 bits per heavy atom. The first-order valence-corrected chi connectivity index (χ1v) is 7.68. The summed E-state index contributed by atoms with van der Waals surface area (Å²) in [4.78, 5) is 4.04. The van der Waals surface area contributed by atoms with Crippen LogP contribution in [-0.4, -0.2) is 18.6 Å². The molecule has 0 radical (unpaired) electrons. The van der Waals surface area contributed by atoms with Crippen molar-refractivity contribution in [3.8, 4) is 0 Å². The molecule has 6 nitrogen and oxygen atoms in total. The van der Waals surface area contributed by atoms with Gasteiger partial charge in [-0.05, 0) is 55.3 Å². The quantitative estimate of drug-likeness (QED) is 0.283. The molecule has 0 amide bonds. The van der Waals surface area contributed by atoms with E-state index in [1.165, 1.54) is 18.6 Å². The fraction of sp³-hybridized carbons (Fsp3) is 0.105. The number of nitrogen functional groups attached to an aromatic ring is 1. The van der Waals surface area contributed by atoms with E-state index in [1.54, 1.807) is 36.8 Å². The lowest BCUT2D eigenvalue weighted by molar-refractivity contribution is 1.37. The molecule has 6 heteroatoms. The Kier molecular flexibility index (Phi) is 8.15. The van der Waals surface area contributed by atoms with Gasteiger partial charge in [-0.25, -0.2) is 0 Å². The van der Waals surface area contributed by atoms with Gasteiger partial charge in [0.2, 0.25) is 0 Å². The number of rotatable bonds is 8. The molecule has 0 saturated heterocycles. The first-order valence-electron chi connectivity index (χ1n) is 7.68. The highest BCUT2D eigenvalue weighted by molar-refractivity contribution is 5.87. The number of hydrogen-bond donors (Lipinski definition) is 5. The van der Waals surface area contributed by atoms with Gasteiger partial charge in [0.05, 0.1) is 0 Å². The summed E-state index contributed by atoms with van der Waals surface area (Å²) in [6, 6.07) is 5.39. The van der Waals surface area contributed by atoms with Crippen LogP contribution in [0.4, 0.5) is 11.4 Å². The van der Waals surface area contributed by atoms with Gasteiger partial charge in [-0.2, -0.15) is 0 Å². The van der Waals surface area contributed by atoms with Crippen LogP contribution in [0.5, 0.6) is 0 Å². The SMILES string of the molecule is C\C=N/C=C/C(C(/C=N)=C/N)=C(C)/C=C/Nc1ccc(N)c(C=N)c1. The summed E-state index contributed by atoms with van der Waals surface area (Å²) in [6.07, 6.45) is 12.6. The number of hydrogen-bond acceptors (Lipinski definition) is 6. The predicted molar refractivity (Wildman–Crippen MR) is 109 cm³/mol. The second-order valence-corrected chi connectivity index (χ2v) is 5.05. The van der Waals surface area contributed by atoms with Crippen molar-refractivity contribution in [2.24, 2.45) is 10.7 Å². The average molecular weight is 336 g/mol. The fourth-order valence-electron chi connectivity index (χ4n) is 2.02. The molecule has 0 aliphatic carbocycles. The van der Waals surface area contributed by atoms with Crippen LogP contribution in [-0.2, 0) is 0 Å². The van der Waals surface area contributed by atoms with Crippen molar-refractivity contribution in [1.82, 2.24) is 0 Å². The molecule has 0 aliphatic rings. The summed E-state index contributed by atoms with van der Waals surface area (Å²) in [5, 5.41) is 18.0. The van der Waals surface area contributed by atoms with E-state index in [1.807, 2.05) is 26.0 Å². The third kappa shape index (κ3) is 5.95. The molecule has 0 atom stereocenters. The lowest BCUT2D eigenvalue weighted by Gasteiger charge is -2.07. The summed E-state index contributed by atoms with van der Waals surface area (Å²) in [7, 11) is 0. The Hall–Kier alpha value is -3.41. The van der Waals surface area contributed by atoms with Gasteiger partial charge in [0, 0.05) is 59.8 Å². The Labute approximate surface area is 148 Å². The zero-order valence-electron chi connectivity index (χ0n) is 14.5. The minimum absolute atomic E-state index is 0.563. The van der Waals surface area contributed by atoms with Crippen molar-refractivity contribution in [2.75, 3.05) is 11.1 Å². The van der Waals surface area contributed by atoms with Gasteiger partial charge in [0.25, 0.3) is 0 Å². The largest absolute Gasteiger partial charge is 0.404 e. The number of aliphatic imine (C=N–C) groups is 1. The van der Waals surface area contributed by atoms with Crippen LogP contribution >= 0.6 is 0 Å². The van der Waals surface area contributed by atoms with Crippen LogP contribution in [0.25, 0.3) is 0 Å². The molecular formula is C19H24N6. The van der Waals surface area contributed by atoms with Gasteiger partial charge in [-0.1, -0.05) is 0 Å². The van der Waals surface area contributed by atoms with Crippen molar-refractivity contribution in [2.45, 2.75) is 13.8 Å². The third-order valence-corrected chi connectivity index (χ3v) is 3.37. The van der Waals surface area contributed by atoms with Crippen molar-refractivity contribution in [3.63, 3.8) is 0 Å². The minimum atomic E-state index is 0.563. The average Bonchev–Trinajstić information content (AvgIpc) is 2.62. The maximum Gasteiger partial charge on any atom is 0.0404 e. The van der Waals surface area contributed by atoms with Crippen molar-refractivity contribution in [3.05, 3.63) is 71.2 Å². The van der Waals surface area contributed by atoms with Crippen LogP contribution < -0.4 is 16.8 Å². The smallest absolute Gasteiger partial charge is 0.0404 e. The molecule has 0 heterocycles. The second-order valence-electron chi connectivity index (χ2n) is 5.05. The van der Waals surface area contributed by atoms with Crippen LogP contribution in [0.15, 0.2) is 70.7 Å². The van der Waals surface area contributed by atoms with Gasteiger partial charge in [-0.15, -0.1) is 0 Å². The molecule has 7 N–H and O–H groups in total. The number of nitrogens with zero attached hydrogens (tertiary/aromatic N) is 1. The van der Waals surface area contributed by atoms with Crippen molar-refractivity contribution < 1.29 is 0 Å². The zero-order valence-corrected chi connectivity index (χ0v) is 14.5. The highest BCUT2D eigenvalue weighted by atomic mass is 14.8. The van der Waals surface area contributed by atoms with E-state index in [-0.39, 0.29) is 0 Å². The molecular weight excluding hydrogens is 312 g/mol. The highest BCUT2D eigenvalue weighted by Crippen LogP contribution is 2.18. The minimum Gasteiger partial charge on any atom is -0.404 e. The van der Waals surface area contributed by atoms with Crippen LogP contribution in [0.1, 0.15) is 19.4 Å². The van der Waals surface area contributed by atoms with Crippen molar-refractivity contribution >= 4 is 30.0 Å². The lowest BCUT2D eigenvalue weighted by atomic mass is 10.0. The Morgan fingerprint density at radius 1 is 1.24 bits per heavy atom. The standard InChI is InChI=1S/C19H24N6/c1-3-24-8-7-18(16(12-21)13-22)14(2)6-9-25-17-4-5-19(23)15(10-17)11-20/h3-13,20-21,25H,22-23H2,1-2H3/b8-7+,9-6+,16-13+,18-14-,20-11?,21-12?,24-3-. The predicted octanol–water partition coefficient (Wildman–Crippen LogP) is 3.61. The summed E-state index contributed by atoms with van der Waals surface area (Å²) in [5.74, 6) is 0. The Morgan fingerprint density at radius 2 is 2.00 bits per heavy atom. The normalized spacial score (nSPS) is 13.4. The maximum absolute atomic E-state index is 7.49. The van der Waals surface area contributed by atoms with Gasteiger partial charge in [0.15, 0.2) is 0 Å². The van der Waals surface area contributed by atoms with Crippen LogP contribution in [0.3, 0.4) is 0 Å². The molecule has 0 aliphatic heterocycles. The molecule has 0 aromatic heterocycles.